The van der Waals surface area contributed by atoms with Crippen LogP contribution < -0.4 is 16.0 Å². The molecule has 1 saturated carbocycles. The van der Waals surface area contributed by atoms with Crippen molar-refractivity contribution in [2.24, 2.45) is 5.92 Å². The maximum Gasteiger partial charge on any atom is 0.325 e. The predicted molar refractivity (Wildman–Crippen MR) is 151 cm³/mol. The topological polar surface area (TPSA) is 140 Å². The van der Waals surface area contributed by atoms with Crippen LogP contribution in [0.4, 0.5) is 8.78 Å². The van der Waals surface area contributed by atoms with Gasteiger partial charge in [0.25, 0.3) is 11.8 Å². The summed E-state index contributed by atoms with van der Waals surface area (Å²) in [4.78, 5) is 63.8. The van der Waals surface area contributed by atoms with Crippen LogP contribution in [0.2, 0.25) is 0 Å². The first kappa shape index (κ1) is 33.3. The molecule has 2 aromatic carbocycles. The number of carbonyl (C=O) groups excluding carboxylic acids is 5. The minimum absolute atomic E-state index is 0.0681. The maximum absolute atomic E-state index is 14.3. The third-order valence-electron chi connectivity index (χ3n) is 7.04. The van der Waals surface area contributed by atoms with Crippen LogP contribution in [-0.2, 0) is 35.3 Å². The summed E-state index contributed by atoms with van der Waals surface area (Å²) in [5, 5.41) is 7.15. The van der Waals surface area contributed by atoms with Crippen molar-refractivity contribution in [2.45, 2.75) is 64.1 Å². The average molecular weight is 602 g/mol. The molecule has 3 rings (SSSR count). The Morgan fingerprint density at radius 2 is 1.65 bits per heavy atom. The van der Waals surface area contributed by atoms with E-state index in [1.807, 2.05) is 6.07 Å². The van der Waals surface area contributed by atoms with Crippen molar-refractivity contribution in [2.75, 3.05) is 19.8 Å². The zero-order valence-electron chi connectivity index (χ0n) is 24.0. The van der Waals surface area contributed by atoms with E-state index in [-0.39, 0.29) is 25.6 Å². The zero-order chi connectivity index (χ0) is 31.2. The molecule has 2 aromatic rings. The molecule has 0 radical (unpaired) electrons. The molecule has 3 amide bonds. The van der Waals surface area contributed by atoms with E-state index in [1.54, 1.807) is 31.2 Å². The number of Topliss-reactive ketones (excluding diaryl/α,β-unsaturated/α-hetero) is 1. The number of rotatable bonds is 15. The third-order valence-corrected chi connectivity index (χ3v) is 7.04. The van der Waals surface area contributed by atoms with Crippen LogP contribution in [0.15, 0.2) is 48.5 Å². The predicted octanol–water partition coefficient (Wildman–Crippen LogP) is 2.98. The Morgan fingerprint density at radius 3 is 2.35 bits per heavy atom. The molecule has 1 fully saturated rings. The molecular weight excluding hydrogens is 564 g/mol. The van der Waals surface area contributed by atoms with Crippen molar-refractivity contribution in [1.29, 1.82) is 0 Å². The molecule has 0 aromatic heterocycles. The standard InChI is InChI=1S/C31H37F2N3O7/c1-2-43-27(37)17-34-31(41)28(38)26(19-42-18-21-11-7-4-8-12-21)36-30(40)25(15-20-9-5-3-6-10-20)35-29(39)23-16-22(32)13-14-24(23)33/h4,7-8,11-14,16,20,25-26H,2-3,5-6,9-10,15,17-19H2,1H3,(H,34,41)(H,35,39)(H,36,40). The Kier molecular flexibility index (Phi) is 13.2. The summed E-state index contributed by atoms with van der Waals surface area (Å²) in [6.45, 7) is 0.804. The molecule has 0 aliphatic heterocycles. The Bertz CT molecular complexity index is 1270. The minimum atomic E-state index is -1.48. The molecule has 1 aliphatic rings. The Labute approximate surface area is 248 Å². The second kappa shape index (κ2) is 17.1. The van der Waals surface area contributed by atoms with Crippen LogP contribution in [0, 0.1) is 17.6 Å². The second-order valence-electron chi connectivity index (χ2n) is 10.3. The second-order valence-corrected chi connectivity index (χ2v) is 10.3. The monoisotopic (exact) mass is 601 g/mol. The SMILES string of the molecule is CCOC(=O)CNC(=O)C(=O)C(COCc1ccccc1)NC(=O)C(CC1CCCCC1)NC(=O)c1cc(F)ccc1F. The van der Waals surface area contributed by atoms with Crippen LogP contribution in [0.3, 0.4) is 0 Å². The molecule has 1 aliphatic carbocycles. The number of halogens is 2. The lowest BCUT2D eigenvalue weighted by Crippen LogP contribution is -2.56. The highest BCUT2D eigenvalue weighted by Crippen LogP contribution is 2.27. The number of benzene rings is 2. The van der Waals surface area contributed by atoms with Crippen molar-refractivity contribution < 1.29 is 42.2 Å². The van der Waals surface area contributed by atoms with Crippen LogP contribution in [0.5, 0.6) is 0 Å². The fourth-order valence-electron chi connectivity index (χ4n) is 4.83. The van der Waals surface area contributed by atoms with Crippen LogP contribution in [-0.4, -0.2) is 61.3 Å². The lowest BCUT2D eigenvalue weighted by atomic mass is 9.84. The summed E-state index contributed by atoms with van der Waals surface area (Å²) < 4.78 is 38.5. The van der Waals surface area contributed by atoms with Crippen LogP contribution in [0.1, 0.15) is 61.4 Å². The summed E-state index contributed by atoms with van der Waals surface area (Å²) >= 11 is 0. The summed E-state index contributed by atoms with van der Waals surface area (Å²) in [5.74, 6) is -6.48. The maximum atomic E-state index is 14.3. The summed E-state index contributed by atoms with van der Waals surface area (Å²) in [7, 11) is 0. The zero-order valence-corrected chi connectivity index (χ0v) is 24.0. The molecule has 43 heavy (non-hydrogen) atoms. The van der Waals surface area contributed by atoms with E-state index in [2.05, 4.69) is 16.0 Å². The van der Waals surface area contributed by atoms with Crippen molar-refractivity contribution in [1.82, 2.24) is 16.0 Å². The van der Waals surface area contributed by atoms with Gasteiger partial charge >= 0.3 is 5.97 Å². The summed E-state index contributed by atoms with van der Waals surface area (Å²) in [6, 6.07) is 8.73. The number of carbonyl (C=O) groups is 5. The first-order valence-electron chi connectivity index (χ1n) is 14.3. The van der Waals surface area contributed by atoms with Gasteiger partial charge in [0.2, 0.25) is 11.7 Å². The quantitative estimate of drug-likeness (QED) is 0.211. The van der Waals surface area contributed by atoms with Gasteiger partial charge in [0.05, 0.1) is 25.4 Å². The number of amides is 3. The van der Waals surface area contributed by atoms with Gasteiger partial charge in [-0.1, -0.05) is 62.4 Å². The lowest BCUT2D eigenvalue weighted by Gasteiger charge is -2.28. The smallest absolute Gasteiger partial charge is 0.325 e. The van der Waals surface area contributed by atoms with Gasteiger partial charge < -0.3 is 25.4 Å². The number of nitrogens with one attached hydrogen (secondary N) is 3. The molecule has 3 N–H and O–H groups in total. The van der Waals surface area contributed by atoms with Crippen molar-refractivity contribution >= 4 is 29.5 Å². The Morgan fingerprint density at radius 1 is 0.930 bits per heavy atom. The molecular formula is C31H37F2N3O7. The number of ether oxygens (including phenoxy) is 2. The minimum Gasteiger partial charge on any atom is -0.465 e. The van der Waals surface area contributed by atoms with Crippen molar-refractivity contribution in [3.05, 3.63) is 71.3 Å². The van der Waals surface area contributed by atoms with Gasteiger partial charge in [-0.3, -0.25) is 24.0 Å². The van der Waals surface area contributed by atoms with E-state index < -0.39 is 71.9 Å². The van der Waals surface area contributed by atoms with Crippen LogP contribution >= 0.6 is 0 Å². The first-order chi connectivity index (χ1) is 20.7. The Balaban J connectivity index is 1.77. The van der Waals surface area contributed by atoms with E-state index in [0.717, 1.165) is 55.9 Å². The third kappa shape index (κ3) is 10.9. The molecule has 2 atom stereocenters. The van der Waals surface area contributed by atoms with Crippen molar-refractivity contribution in [3.63, 3.8) is 0 Å². The highest BCUT2D eigenvalue weighted by atomic mass is 19.1. The molecule has 10 nitrogen and oxygen atoms in total. The van der Waals surface area contributed by atoms with E-state index in [4.69, 9.17) is 9.47 Å². The van der Waals surface area contributed by atoms with Crippen LogP contribution in [0.25, 0.3) is 0 Å². The molecule has 12 heteroatoms. The number of ketones is 1. The van der Waals surface area contributed by atoms with Gasteiger partial charge in [-0.05, 0) is 43.0 Å². The largest absolute Gasteiger partial charge is 0.465 e. The van der Waals surface area contributed by atoms with Gasteiger partial charge in [-0.2, -0.15) is 0 Å². The fourth-order valence-corrected chi connectivity index (χ4v) is 4.83. The Hall–Kier alpha value is -4.19. The van der Waals surface area contributed by atoms with Gasteiger partial charge in [0, 0.05) is 0 Å². The van der Waals surface area contributed by atoms with E-state index in [9.17, 15) is 32.8 Å². The number of hydrogen-bond donors (Lipinski definition) is 3. The van der Waals surface area contributed by atoms with Gasteiger partial charge in [0.1, 0.15) is 30.3 Å². The molecule has 232 valence electrons. The average Bonchev–Trinajstić information content (AvgIpc) is 3.01. The highest BCUT2D eigenvalue weighted by Gasteiger charge is 2.33. The molecule has 2 unspecified atom stereocenters. The number of esters is 1. The fraction of sp³-hybridized carbons (Fsp3) is 0.452. The normalized spacial score (nSPS) is 14.7. The molecule has 0 spiro atoms. The van der Waals surface area contributed by atoms with Gasteiger partial charge in [-0.15, -0.1) is 0 Å². The first-order valence-corrected chi connectivity index (χ1v) is 14.3. The molecule has 0 saturated heterocycles. The lowest BCUT2D eigenvalue weighted by molar-refractivity contribution is -0.146. The van der Waals surface area contributed by atoms with Gasteiger partial charge in [0.15, 0.2) is 0 Å². The summed E-state index contributed by atoms with van der Waals surface area (Å²) in [6.07, 6.45) is 4.75. The van der Waals surface area contributed by atoms with E-state index in [1.165, 1.54) is 0 Å². The summed E-state index contributed by atoms with van der Waals surface area (Å²) in [5.41, 5.74) is 0.213. The van der Waals surface area contributed by atoms with Gasteiger partial charge in [-0.25, -0.2) is 8.78 Å². The molecule has 0 heterocycles. The van der Waals surface area contributed by atoms with E-state index in [0.29, 0.717) is 0 Å². The van der Waals surface area contributed by atoms with E-state index >= 15 is 0 Å². The number of hydrogen-bond acceptors (Lipinski definition) is 7. The molecule has 0 bridgehead atoms. The highest BCUT2D eigenvalue weighted by molar-refractivity contribution is 6.38. The van der Waals surface area contributed by atoms with Crippen molar-refractivity contribution in [3.8, 4) is 0 Å².